The Hall–Kier alpha value is -3.37. The van der Waals surface area contributed by atoms with Gasteiger partial charge in [-0.05, 0) is 84.3 Å². The molecule has 10 heteroatoms. The second-order valence-electron chi connectivity index (χ2n) is 15.8. The predicted molar refractivity (Wildman–Crippen MR) is 201 cm³/mol. The molecular weight excluding hydrogens is 666 g/mol. The Labute approximate surface area is 303 Å². The van der Waals surface area contributed by atoms with Gasteiger partial charge in [0.25, 0.3) is 8.32 Å². The van der Waals surface area contributed by atoms with Crippen molar-refractivity contribution >= 4 is 42.4 Å². The van der Waals surface area contributed by atoms with Gasteiger partial charge in [0.15, 0.2) is 0 Å². The second kappa shape index (κ2) is 14.7. The summed E-state index contributed by atoms with van der Waals surface area (Å²) in [6.07, 6.45) is 1.94. The third kappa shape index (κ3) is 7.61. The number of likely N-dealkylation sites (tertiary alicyclic amines) is 1. The first-order chi connectivity index (χ1) is 23.8. The highest BCUT2D eigenvalue weighted by atomic mass is 35.5. The molecule has 0 bridgehead atoms. The zero-order chi connectivity index (χ0) is 35.7. The number of hydrogen-bond donors (Lipinski definition) is 0. The van der Waals surface area contributed by atoms with E-state index in [9.17, 15) is 9.59 Å². The van der Waals surface area contributed by atoms with E-state index < -0.39 is 13.9 Å². The van der Waals surface area contributed by atoms with Gasteiger partial charge in [-0.25, -0.2) is 9.59 Å². The summed E-state index contributed by atoms with van der Waals surface area (Å²) in [5.74, 6) is 0. The van der Waals surface area contributed by atoms with Crippen LogP contribution in [0.1, 0.15) is 77.1 Å². The number of carbonyl (C=O) groups excluding carboxylic acids is 2. The minimum absolute atomic E-state index is 0.0457. The molecular formula is C40H52ClN3O5Si. The minimum atomic E-state index is -2.68. The number of piperidine rings is 1. The van der Waals surface area contributed by atoms with E-state index in [1.807, 2.05) is 42.7 Å². The Balaban J connectivity index is 1.18. The smallest absolute Gasteiger partial charge is 0.410 e. The highest BCUT2D eigenvalue weighted by Gasteiger charge is 2.51. The van der Waals surface area contributed by atoms with Gasteiger partial charge >= 0.3 is 12.1 Å². The molecule has 3 aromatic rings. The number of ether oxygens (including phenoxy) is 2. The molecule has 0 aromatic heterocycles. The average molecular weight is 718 g/mol. The molecule has 3 aliphatic rings. The zero-order valence-corrected chi connectivity index (χ0v) is 32.2. The lowest BCUT2D eigenvalue weighted by molar-refractivity contribution is -0.0334. The summed E-state index contributed by atoms with van der Waals surface area (Å²) in [5, 5.41) is 3.06. The summed E-state index contributed by atoms with van der Waals surface area (Å²) in [5.41, 5.74) is 2.47. The van der Waals surface area contributed by atoms with Gasteiger partial charge in [0.1, 0.15) is 5.60 Å². The standard InChI is InChI=1S/C40H52ClN3O5Si/c1-39(2,3)48-38(46)44-23-24-47-28-36(44)34-26-30(41)25-29-17-20-43(27-35(29)34)37(45)42-21-18-31(19-22-42)49-50(40(4,5)6,32-13-9-7-10-14-32)33-15-11-8-12-16-33/h7-16,25-26,31,36H,17-24,27-28H2,1-6H3. The topological polar surface area (TPSA) is 71.5 Å². The molecule has 0 saturated carbocycles. The third-order valence-electron chi connectivity index (χ3n) is 10.2. The monoisotopic (exact) mass is 717 g/mol. The van der Waals surface area contributed by atoms with Crippen molar-refractivity contribution in [3.05, 3.63) is 94.5 Å². The van der Waals surface area contributed by atoms with Crippen molar-refractivity contribution in [2.45, 2.75) is 90.1 Å². The van der Waals surface area contributed by atoms with Gasteiger partial charge in [-0.3, -0.25) is 4.90 Å². The van der Waals surface area contributed by atoms with E-state index in [1.54, 1.807) is 4.90 Å². The molecule has 0 aliphatic carbocycles. The molecule has 2 saturated heterocycles. The first-order valence-corrected chi connectivity index (χ1v) is 20.3. The number of nitrogens with zero attached hydrogens (tertiary/aromatic N) is 3. The molecule has 1 atom stereocenters. The number of amides is 3. The van der Waals surface area contributed by atoms with E-state index in [0.29, 0.717) is 57.4 Å². The highest BCUT2D eigenvalue weighted by molar-refractivity contribution is 6.99. The first kappa shape index (κ1) is 36.4. The van der Waals surface area contributed by atoms with E-state index in [0.717, 1.165) is 29.5 Å². The number of carbonyl (C=O) groups is 2. The average Bonchev–Trinajstić information content (AvgIpc) is 3.09. The Morgan fingerprint density at radius 2 is 1.46 bits per heavy atom. The van der Waals surface area contributed by atoms with Gasteiger partial charge in [-0.2, -0.15) is 0 Å². The van der Waals surface area contributed by atoms with E-state index in [4.69, 9.17) is 25.5 Å². The van der Waals surface area contributed by atoms with Crippen LogP contribution in [0.15, 0.2) is 72.8 Å². The summed E-state index contributed by atoms with van der Waals surface area (Å²) >= 11 is 6.65. The van der Waals surface area contributed by atoms with E-state index >= 15 is 0 Å². The largest absolute Gasteiger partial charge is 0.444 e. The van der Waals surface area contributed by atoms with Crippen LogP contribution in [-0.4, -0.2) is 86.2 Å². The van der Waals surface area contributed by atoms with Gasteiger partial charge in [0.2, 0.25) is 0 Å². The van der Waals surface area contributed by atoms with Crippen LogP contribution in [0, 0.1) is 0 Å². The lowest BCUT2D eigenvalue weighted by Crippen LogP contribution is -2.68. The molecule has 6 rings (SSSR count). The molecule has 268 valence electrons. The van der Waals surface area contributed by atoms with Gasteiger partial charge in [0.05, 0.1) is 19.3 Å². The van der Waals surface area contributed by atoms with Gasteiger partial charge in [-0.15, -0.1) is 0 Å². The van der Waals surface area contributed by atoms with Crippen molar-refractivity contribution in [2.24, 2.45) is 0 Å². The maximum absolute atomic E-state index is 14.1. The number of fused-ring (bicyclic) bond motifs is 1. The van der Waals surface area contributed by atoms with Crippen molar-refractivity contribution in [1.82, 2.24) is 14.7 Å². The van der Waals surface area contributed by atoms with Crippen LogP contribution < -0.4 is 10.4 Å². The maximum atomic E-state index is 14.1. The number of morpholine rings is 1. The fourth-order valence-electron chi connectivity index (χ4n) is 7.82. The summed E-state index contributed by atoms with van der Waals surface area (Å²) in [4.78, 5) is 33.1. The fraction of sp³-hybridized carbons (Fsp3) is 0.500. The molecule has 50 heavy (non-hydrogen) atoms. The van der Waals surface area contributed by atoms with E-state index in [1.165, 1.54) is 10.4 Å². The molecule has 2 fully saturated rings. The molecule has 3 amide bonds. The van der Waals surface area contributed by atoms with Crippen LogP contribution in [0.5, 0.6) is 0 Å². The molecule has 3 aromatic carbocycles. The number of rotatable bonds is 5. The quantitative estimate of drug-likeness (QED) is 0.262. The summed E-state index contributed by atoms with van der Waals surface area (Å²) < 4.78 is 19.1. The van der Waals surface area contributed by atoms with Crippen LogP contribution in [0.2, 0.25) is 10.1 Å². The predicted octanol–water partition coefficient (Wildman–Crippen LogP) is 7.17. The fourth-order valence-corrected chi connectivity index (χ4v) is 12.8. The van der Waals surface area contributed by atoms with E-state index in [-0.39, 0.29) is 29.3 Å². The Bertz CT molecular complexity index is 1610. The number of benzene rings is 3. The number of hydrogen-bond acceptors (Lipinski definition) is 5. The molecule has 1 unspecified atom stereocenters. The van der Waals surface area contributed by atoms with Gasteiger partial charge in [0, 0.05) is 43.9 Å². The lowest BCUT2D eigenvalue weighted by Gasteiger charge is -2.47. The summed E-state index contributed by atoms with van der Waals surface area (Å²) in [6, 6.07) is 25.1. The van der Waals surface area contributed by atoms with Crippen LogP contribution >= 0.6 is 11.6 Å². The van der Waals surface area contributed by atoms with Crippen LogP contribution in [-0.2, 0) is 26.9 Å². The molecule has 0 radical (unpaired) electrons. The number of halogens is 1. The normalized spacial score (nSPS) is 19.3. The van der Waals surface area contributed by atoms with Gasteiger partial charge in [-0.1, -0.05) is 93.0 Å². The molecule has 0 N–H and O–H groups in total. The van der Waals surface area contributed by atoms with Crippen molar-refractivity contribution in [2.75, 3.05) is 39.4 Å². The third-order valence-corrected chi connectivity index (χ3v) is 15.5. The number of urea groups is 1. The Morgan fingerprint density at radius 1 is 0.840 bits per heavy atom. The SMILES string of the molecule is CC(C)(C)OC(=O)N1CCOCC1c1cc(Cl)cc2c1CN(C(=O)N1CCC(O[Si](c3ccccc3)(c3ccccc3)C(C)(C)C)CC1)CC2. The summed E-state index contributed by atoms with van der Waals surface area (Å²) in [6.45, 7) is 16.1. The van der Waals surface area contributed by atoms with Crippen molar-refractivity contribution < 1.29 is 23.5 Å². The lowest BCUT2D eigenvalue weighted by atomic mass is 9.90. The van der Waals surface area contributed by atoms with Gasteiger partial charge < -0.3 is 23.7 Å². The van der Waals surface area contributed by atoms with Crippen LogP contribution in [0.3, 0.4) is 0 Å². The zero-order valence-electron chi connectivity index (χ0n) is 30.4. The van der Waals surface area contributed by atoms with E-state index in [2.05, 4.69) is 81.4 Å². The molecule has 3 heterocycles. The minimum Gasteiger partial charge on any atom is -0.444 e. The molecule has 0 spiro atoms. The Morgan fingerprint density at radius 3 is 2.04 bits per heavy atom. The van der Waals surface area contributed by atoms with Crippen LogP contribution in [0.4, 0.5) is 9.59 Å². The molecule has 3 aliphatic heterocycles. The van der Waals surface area contributed by atoms with Crippen molar-refractivity contribution in [3.8, 4) is 0 Å². The molecule has 8 nitrogen and oxygen atoms in total. The first-order valence-electron chi connectivity index (χ1n) is 18.0. The van der Waals surface area contributed by atoms with Crippen molar-refractivity contribution in [3.63, 3.8) is 0 Å². The maximum Gasteiger partial charge on any atom is 0.410 e. The van der Waals surface area contributed by atoms with Crippen molar-refractivity contribution in [1.29, 1.82) is 0 Å². The highest BCUT2D eigenvalue weighted by Crippen LogP contribution is 2.39. The summed E-state index contributed by atoms with van der Waals surface area (Å²) in [7, 11) is -2.68. The van der Waals surface area contributed by atoms with Crippen LogP contribution in [0.25, 0.3) is 0 Å². The Kier molecular flexibility index (Phi) is 10.7. The second-order valence-corrected chi connectivity index (χ2v) is 20.5.